The van der Waals surface area contributed by atoms with Gasteiger partial charge in [-0.1, -0.05) is 0 Å². The lowest BCUT2D eigenvalue weighted by Crippen LogP contribution is -2.39. The third-order valence-electron chi connectivity index (χ3n) is 3.85. The summed E-state index contributed by atoms with van der Waals surface area (Å²) in [4.78, 5) is 12.8. The molecule has 0 aliphatic carbocycles. The fraction of sp³-hybridized carbons (Fsp3) is 0.400. The predicted octanol–water partition coefficient (Wildman–Crippen LogP) is 1.75. The highest BCUT2D eigenvalue weighted by Gasteiger charge is 2.31. The van der Waals surface area contributed by atoms with Crippen LogP contribution in [0.15, 0.2) is 41.8 Å². The van der Waals surface area contributed by atoms with E-state index < -0.39 is 10.0 Å². The highest BCUT2D eigenvalue weighted by Crippen LogP contribution is 2.28. The summed E-state index contributed by atoms with van der Waals surface area (Å²) in [5.74, 6) is 0.0904. The Hall–Kier alpha value is -1.86. The van der Waals surface area contributed by atoms with Crippen LogP contribution in [0.4, 0.5) is 0 Å². The number of aryl methyl sites for hydroxylation is 1. The minimum Gasteiger partial charge on any atom is -0.263 e. The van der Waals surface area contributed by atoms with Gasteiger partial charge in [-0.05, 0) is 31.9 Å². The van der Waals surface area contributed by atoms with Crippen molar-refractivity contribution in [3.8, 4) is 0 Å². The molecule has 0 amide bonds. The molecule has 1 atom stereocenters. The molecular weight excluding hydrogens is 300 g/mol. The van der Waals surface area contributed by atoms with Crippen molar-refractivity contribution in [3.05, 3.63) is 48.3 Å². The topological polar surface area (TPSA) is 76.1 Å². The van der Waals surface area contributed by atoms with Crippen molar-refractivity contribution < 1.29 is 8.42 Å². The van der Waals surface area contributed by atoms with Crippen molar-refractivity contribution in [1.82, 2.24) is 19.3 Å². The van der Waals surface area contributed by atoms with Gasteiger partial charge in [0.2, 0.25) is 10.0 Å². The van der Waals surface area contributed by atoms with E-state index in [1.807, 2.05) is 6.92 Å². The molecule has 0 spiro atoms. The Morgan fingerprint density at radius 2 is 2.09 bits per heavy atom. The van der Waals surface area contributed by atoms with Gasteiger partial charge in [-0.25, -0.2) is 8.42 Å². The highest BCUT2D eigenvalue weighted by molar-refractivity contribution is 7.89. The third-order valence-corrected chi connectivity index (χ3v) is 5.70. The van der Waals surface area contributed by atoms with Crippen LogP contribution in [0.5, 0.6) is 0 Å². The molecule has 2 aromatic rings. The van der Waals surface area contributed by atoms with Crippen molar-refractivity contribution >= 4 is 10.0 Å². The average Bonchev–Trinajstić information content (AvgIpc) is 2.56. The summed E-state index contributed by atoms with van der Waals surface area (Å²) < 4.78 is 26.9. The molecule has 1 aliphatic rings. The van der Waals surface area contributed by atoms with Gasteiger partial charge in [0.25, 0.3) is 0 Å². The van der Waals surface area contributed by atoms with Crippen LogP contribution < -0.4 is 0 Å². The van der Waals surface area contributed by atoms with E-state index in [9.17, 15) is 8.42 Å². The lowest BCUT2D eigenvalue weighted by molar-refractivity contribution is 0.312. The minimum absolute atomic E-state index is 0.0904. The Morgan fingerprint density at radius 1 is 1.23 bits per heavy atom. The second-order valence-electron chi connectivity index (χ2n) is 5.48. The van der Waals surface area contributed by atoms with E-state index >= 15 is 0 Å². The second kappa shape index (κ2) is 6.10. The number of pyridine rings is 1. The van der Waals surface area contributed by atoms with Crippen molar-refractivity contribution in [3.63, 3.8) is 0 Å². The van der Waals surface area contributed by atoms with E-state index in [4.69, 9.17) is 0 Å². The zero-order chi connectivity index (χ0) is 15.6. The summed E-state index contributed by atoms with van der Waals surface area (Å²) in [6.07, 6.45) is 8.15. The molecule has 0 bridgehead atoms. The van der Waals surface area contributed by atoms with Gasteiger partial charge in [0.1, 0.15) is 4.90 Å². The summed E-state index contributed by atoms with van der Waals surface area (Å²) in [6, 6.07) is 3.22. The predicted molar refractivity (Wildman–Crippen MR) is 81.7 cm³/mol. The number of hydrogen-bond donors (Lipinski definition) is 0. The molecule has 6 nitrogen and oxygen atoms in total. The van der Waals surface area contributed by atoms with Gasteiger partial charge in [-0.2, -0.15) is 4.31 Å². The molecule has 1 aliphatic heterocycles. The molecule has 0 aromatic carbocycles. The average molecular weight is 318 g/mol. The van der Waals surface area contributed by atoms with Gasteiger partial charge in [0, 0.05) is 43.8 Å². The first-order chi connectivity index (χ1) is 10.6. The maximum absolute atomic E-state index is 12.7. The Morgan fingerprint density at radius 3 is 2.82 bits per heavy atom. The van der Waals surface area contributed by atoms with Gasteiger partial charge in [0.05, 0.1) is 11.4 Å². The van der Waals surface area contributed by atoms with Gasteiger partial charge in [-0.15, -0.1) is 0 Å². The first kappa shape index (κ1) is 15.1. The van der Waals surface area contributed by atoms with Gasteiger partial charge < -0.3 is 0 Å². The third kappa shape index (κ3) is 3.00. The Balaban J connectivity index is 1.84. The molecule has 7 heteroatoms. The normalized spacial score (nSPS) is 20.0. The van der Waals surface area contributed by atoms with E-state index in [0.29, 0.717) is 13.1 Å². The first-order valence-corrected chi connectivity index (χ1v) is 8.70. The van der Waals surface area contributed by atoms with E-state index in [-0.39, 0.29) is 10.8 Å². The Kier molecular flexibility index (Phi) is 4.17. The van der Waals surface area contributed by atoms with Gasteiger partial charge in [0.15, 0.2) is 0 Å². The van der Waals surface area contributed by atoms with Crippen LogP contribution in [0, 0.1) is 6.92 Å². The fourth-order valence-corrected chi connectivity index (χ4v) is 4.22. The maximum Gasteiger partial charge on any atom is 0.244 e. The molecule has 0 N–H and O–H groups in total. The van der Waals surface area contributed by atoms with Crippen LogP contribution in [0.25, 0.3) is 0 Å². The molecule has 0 radical (unpaired) electrons. The Labute approximate surface area is 130 Å². The summed E-state index contributed by atoms with van der Waals surface area (Å²) >= 11 is 0. The lowest BCUT2D eigenvalue weighted by Gasteiger charge is -2.31. The lowest BCUT2D eigenvalue weighted by atomic mass is 9.96. The number of hydrogen-bond acceptors (Lipinski definition) is 5. The fourth-order valence-electron chi connectivity index (χ4n) is 2.73. The van der Waals surface area contributed by atoms with Gasteiger partial charge in [-0.3, -0.25) is 15.0 Å². The molecule has 1 fully saturated rings. The van der Waals surface area contributed by atoms with Crippen LogP contribution in [0.2, 0.25) is 0 Å². The molecule has 3 rings (SSSR count). The van der Waals surface area contributed by atoms with Crippen LogP contribution in [0.3, 0.4) is 0 Å². The standard InChI is InChI=1S/C15H18N4O2S/c1-12-8-17-10-15(18-12)13-4-3-7-19(11-13)22(20,21)14-5-2-6-16-9-14/h2,5-6,8-10,13H,3-4,7,11H2,1H3/t13-/m0/s1. The Bertz CT molecular complexity index is 749. The maximum atomic E-state index is 12.7. The van der Waals surface area contributed by atoms with Crippen LogP contribution in [-0.4, -0.2) is 40.8 Å². The number of sulfonamides is 1. The van der Waals surface area contributed by atoms with Crippen molar-refractivity contribution in [1.29, 1.82) is 0 Å². The highest BCUT2D eigenvalue weighted by atomic mass is 32.2. The second-order valence-corrected chi connectivity index (χ2v) is 7.41. The summed E-state index contributed by atoms with van der Waals surface area (Å²) in [5, 5.41) is 0. The van der Waals surface area contributed by atoms with Crippen LogP contribution >= 0.6 is 0 Å². The first-order valence-electron chi connectivity index (χ1n) is 7.26. The number of aromatic nitrogens is 3. The smallest absolute Gasteiger partial charge is 0.244 e. The number of rotatable bonds is 3. The van der Waals surface area contributed by atoms with E-state index in [2.05, 4.69) is 15.0 Å². The molecule has 22 heavy (non-hydrogen) atoms. The zero-order valence-corrected chi connectivity index (χ0v) is 13.2. The summed E-state index contributed by atoms with van der Waals surface area (Å²) in [7, 11) is -3.49. The molecule has 0 unspecified atom stereocenters. The van der Waals surface area contributed by atoms with Crippen molar-refractivity contribution in [2.45, 2.75) is 30.6 Å². The monoisotopic (exact) mass is 318 g/mol. The van der Waals surface area contributed by atoms with E-state index in [0.717, 1.165) is 24.2 Å². The summed E-state index contributed by atoms with van der Waals surface area (Å²) in [5.41, 5.74) is 1.72. The zero-order valence-electron chi connectivity index (χ0n) is 12.4. The minimum atomic E-state index is -3.49. The largest absolute Gasteiger partial charge is 0.263 e. The number of nitrogens with zero attached hydrogens (tertiary/aromatic N) is 4. The number of piperidine rings is 1. The van der Waals surface area contributed by atoms with Crippen LogP contribution in [0.1, 0.15) is 30.1 Å². The molecule has 0 saturated carbocycles. The van der Waals surface area contributed by atoms with Crippen molar-refractivity contribution in [2.75, 3.05) is 13.1 Å². The molecule has 1 saturated heterocycles. The summed E-state index contributed by atoms with van der Waals surface area (Å²) in [6.45, 7) is 2.87. The molecule has 2 aromatic heterocycles. The molecule has 3 heterocycles. The van der Waals surface area contributed by atoms with E-state index in [1.54, 1.807) is 30.7 Å². The SMILES string of the molecule is Cc1cncc([C@H]2CCCN(S(=O)(=O)c3cccnc3)C2)n1. The van der Waals surface area contributed by atoms with Gasteiger partial charge >= 0.3 is 0 Å². The quantitative estimate of drug-likeness (QED) is 0.862. The molecular formula is C15H18N4O2S. The van der Waals surface area contributed by atoms with Crippen LogP contribution in [-0.2, 0) is 10.0 Å². The van der Waals surface area contributed by atoms with E-state index in [1.165, 1.54) is 10.5 Å². The molecule has 116 valence electrons. The van der Waals surface area contributed by atoms with Crippen molar-refractivity contribution in [2.24, 2.45) is 0 Å².